The molecule has 1 aliphatic rings. The molecule has 2 amide bonds. The van der Waals surface area contributed by atoms with Crippen LogP contribution in [0.25, 0.3) is 0 Å². The van der Waals surface area contributed by atoms with E-state index in [4.69, 9.17) is 4.74 Å². The van der Waals surface area contributed by atoms with E-state index in [2.05, 4.69) is 10.6 Å². The molecule has 0 aliphatic heterocycles. The molecule has 6 heteroatoms. The highest BCUT2D eigenvalue weighted by Gasteiger charge is 2.38. The molecule has 0 saturated heterocycles. The predicted molar refractivity (Wildman–Crippen MR) is 100 cm³/mol. The molecule has 0 spiro atoms. The molecule has 0 heterocycles. The summed E-state index contributed by atoms with van der Waals surface area (Å²) in [6.07, 6.45) is 0.476. The molecule has 1 fully saturated rings. The Morgan fingerprint density at radius 3 is 1.85 bits per heavy atom. The fraction of sp³-hybridized carbons (Fsp3) is 0.286. The summed E-state index contributed by atoms with van der Waals surface area (Å²) in [6, 6.07) is 17.2. The third-order valence-electron chi connectivity index (χ3n) is 4.55. The molecule has 0 unspecified atom stereocenters. The zero-order valence-electron chi connectivity index (χ0n) is 15.1. The van der Waals surface area contributed by atoms with Crippen LogP contribution in [0.2, 0.25) is 0 Å². The minimum atomic E-state index is -0.476. The van der Waals surface area contributed by atoms with E-state index in [1.807, 2.05) is 12.1 Å². The van der Waals surface area contributed by atoms with Crippen LogP contribution in [-0.2, 0) is 9.53 Å². The average molecular weight is 366 g/mol. The van der Waals surface area contributed by atoms with Crippen LogP contribution in [0.4, 0.5) is 0 Å². The number of carbonyl (C=O) groups excluding carboxylic acids is 3. The Morgan fingerprint density at radius 1 is 0.815 bits per heavy atom. The van der Waals surface area contributed by atoms with Crippen molar-refractivity contribution in [2.24, 2.45) is 0 Å². The molecule has 0 radical (unpaired) electrons. The average Bonchev–Trinajstić information content (AvgIpc) is 3.03. The SMILES string of the molecule is CC(=O)O[C@H]1C[C@@H](NC(=O)c2ccccc2)C[C@H]1NC(=O)c1ccccc1. The smallest absolute Gasteiger partial charge is 0.302 e. The molecule has 3 rings (SSSR count). The van der Waals surface area contributed by atoms with Gasteiger partial charge in [-0.05, 0) is 30.7 Å². The fourth-order valence-electron chi connectivity index (χ4n) is 3.31. The Morgan fingerprint density at radius 2 is 1.33 bits per heavy atom. The first-order valence-corrected chi connectivity index (χ1v) is 8.92. The van der Waals surface area contributed by atoms with Gasteiger partial charge in [0.1, 0.15) is 6.10 Å². The van der Waals surface area contributed by atoms with Crippen LogP contribution in [0.1, 0.15) is 40.5 Å². The number of nitrogens with one attached hydrogen (secondary N) is 2. The van der Waals surface area contributed by atoms with E-state index >= 15 is 0 Å². The van der Waals surface area contributed by atoms with E-state index in [1.54, 1.807) is 48.5 Å². The van der Waals surface area contributed by atoms with Crippen molar-refractivity contribution in [2.45, 2.75) is 38.0 Å². The number of esters is 1. The monoisotopic (exact) mass is 366 g/mol. The third-order valence-corrected chi connectivity index (χ3v) is 4.55. The van der Waals surface area contributed by atoms with Crippen molar-refractivity contribution in [3.63, 3.8) is 0 Å². The Labute approximate surface area is 157 Å². The number of amides is 2. The second kappa shape index (κ2) is 8.49. The van der Waals surface area contributed by atoms with Gasteiger partial charge in [-0.25, -0.2) is 0 Å². The molecule has 0 bridgehead atoms. The minimum absolute atomic E-state index is 0.183. The molecule has 2 aromatic rings. The lowest BCUT2D eigenvalue weighted by atomic mass is 10.1. The van der Waals surface area contributed by atoms with E-state index in [0.717, 1.165) is 0 Å². The first-order chi connectivity index (χ1) is 13.0. The molecule has 3 atom stereocenters. The highest BCUT2D eigenvalue weighted by molar-refractivity contribution is 5.95. The Balaban J connectivity index is 1.66. The van der Waals surface area contributed by atoms with E-state index in [0.29, 0.717) is 24.0 Å². The first-order valence-electron chi connectivity index (χ1n) is 8.92. The van der Waals surface area contributed by atoms with Gasteiger partial charge in [0.25, 0.3) is 11.8 Å². The summed E-state index contributed by atoms with van der Waals surface area (Å²) in [4.78, 5) is 36.2. The highest BCUT2D eigenvalue weighted by Crippen LogP contribution is 2.24. The highest BCUT2D eigenvalue weighted by atomic mass is 16.5. The lowest BCUT2D eigenvalue weighted by molar-refractivity contribution is -0.146. The molecule has 0 aromatic heterocycles. The maximum absolute atomic E-state index is 12.4. The zero-order chi connectivity index (χ0) is 19.2. The van der Waals surface area contributed by atoms with Gasteiger partial charge in [-0.1, -0.05) is 36.4 Å². The van der Waals surface area contributed by atoms with Crippen molar-refractivity contribution in [1.29, 1.82) is 0 Å². The fourth-order valence-corrected chi connectivity index (χ4v) is 3.31. The number of rotatable bonds is 5. The molecule has 27 heavy (non-hydrogen) atoms. The number of hydrogen-bond donors (Lipinski definition) is 2. The van der Waals surface area contributed by atoms with E-state index in [-0.39, 0.29) is 23.9 Å². The van der Waals surface area contributed by atoms with E-state index < -0.39 is 12.1 Å². The Kier molecular flexibility index (Phi) is 5.86. The maximum Gasteiger partial charge on any atom is 0.302 e. The van der Waals surface area contributed by atoms with Crippen LogP contribution >= 0.6 is 0 Å². The van der Waals surface area contributed by atoms with Crippen molar-refractivity contribution < 1.29 is 19.1 Å². The van der Waals surface area contributed by atoms with Gasteiger partial charge >= 0.3 is 5.97 Å². The molecule has 1 aliphatic carbocycles. The number of hydrogen-bond acceptors (Lipinski definition) is 4. The topological polar surface area (TPSA) is 84.5 Å². The lowest BCUT2D eigenvalue weighted by Crippen LogP contribution is -2.42. The molecule has 6 nitrogen and oxygen atoms in total. The molecule has 1 saturated carbocycles. The predicted octanol–water partition coefficient (Wildman–Crippen LogP) is 2.31. The molecule has 2 aromatic carbocycles. The number of carbonyl (C=O) groups is 3. The largest absolute Gasteiger partial charge is 0.460 e. The summed E-state index contributed by atoms with van der Waals surface area (Å²) in [7, 11) is 0. The number of benzene rings is 2. The van der Waals surface area contributed by atoms with E-state index in [9.17, 15) is 14.4 Å². The van der Waals surface area contributed by atoms with Crippen molar-refractivity contribution in [3.05, 3.63) is 71.8 Å². The summed E-state index contributed by atoms with van der Waals surface area (Å²) in [5.74, 6) is -0.820. The summed E-state index contributed by atoms with van der Waals surface area (Å²) < 4.78 is 5.37. The first kappa shape index (κ1) is 18.6. The van der Waals surface area contributed by atoms with Crippen molar-refractivity contribution in [3.8, 4) is 0 Å². The van der Waals surface area contributed by atoms with Gasteiger partial charge in [-0.3, -0.25) is 14.4 Å². The summed E-state index contributed by atoms with van der Waals surface area (Å²) >= 11 is 0. The molecular weight excluding hydrogens is 344 g/mol. The van der Waals surface area contributed by atoms with Gasteiger partial charge in [0.05, 0.1) is 6.04 Å². The normalized spacial score (nSPS) is 21.3. The van der Waals surface area contributed by atoms with Crippen LogP contribution in [-0.4, -0.2) is 36.0 Å². The summed E-state index contributed by atoms with van der Waals surface area (Å²) in [6.45, 7) is 1.34. The van der Waals surface area contributed by atoms with Crippen molar-refractivity contribution in [1.82, 2.24) is 10.6 Å². The zero-order valence-corrected chi connectivity index (χ0v) is 15.1. The van der Waals surface area contributed by atoms with Crippen LogP contribution in [0, 0.1) is 0 Å². The van der Waals surface area contributed by atoms with E-state index in [1.165, 1.54) is 6.92 Å². The number of ether oxygens (including phenoxy) is 1. The second-order valence-electron chi connectivity index (χ2n) is 6.60. The van der Waals surface area contributed by atoms with Gasteiger partial charge < -0.3 is 15.4 Å². The molecular formula is C21H22N2O4. The Bertz CT molecular complexity index is 807. The van der Waals surface area contributed by atoms with Gasteiger partial charge in [-0.2, -0.15) is 0 Å². The van der Waals surface area contributed by atoms with Crippen LogP contribution in [0.15, 0.2) is 60.7 Å². The van der Waals surface area contributed by atoms with Crippen LogP contribution < -0.4 is 10.6 Å². The van der Waals surface area contributed by atoms with Gasteiger partial charge in [-0.15, -0.1) is 0 Å². The lowest BCUT2D eigenvalue weighted by Gasteiger charge is -2.20. The van der Waals surface area contributed by atoms with Gasteiger partial charge in [0, 0.05) is 30.5 Å². The molecule has 140 valence electrons. The second-order valence-corrected chi connectivity index (χ2v) is 6.60. The minimum Gasteiger partial charge on any atom is -0.460 e. The van der Waals surface area contributed by atoms with Gasteiger partial charge in [0.15, 0.2) is 0 Å². The quantitative estimate of drug-likeness (QED) is 0.796. The van der Waals surface area contributed by atoms with Crippen LogP contribution in [0.3, 0.4) is 0 Å². The molecule has 2 N–H and O–H groups in total. The Hall–Kier alpha value is -3.15. The third kappa shape index (κ3) is 4.94. The standard InChI is InChI=1S/C21H22N2O4/c1-14(24)27-19-13-17(22-20(25)15-8-4-2-5-9-15)12-18(19)23-21(26)16-10-6-3-7-11-16/h2-11,17-19H,12-13H2,1H3,(H,22,25)(H,23,26)/t17-,18+,19-/m0/s1. The van der Waals surface area contributed by atoms with Crippen LogP contribution in [0.5, 0.6) is 0 Å². The van der Waals surface area contributed by atoms with Crippen molar-refractivity contribution >= 4 is 17.8 Å². The van der Waals surface area contributed by atoms with Crippen molar-refractivity contribution in [2.75, 3.05) is 0 Å². The summed E-state index contributed by atoms with van der Waals surface area (Å²) in [5, 5.41) is 5.89. The maximum atomic E-state index is 12.4. The van der Waals surface area contributed by atoms with Gasteiger partial charge in [0.2, 0.25) is 0 Å². The summed E-state index contributed by atoms with van der Waals surface area (Å²) in [5.41, 5.74) is 1.11.